The van der Waals surface area contributed by atoms with Crippen LogP contribution in [0, 0.1) is 18.3 Å². The average molecular weight is 255 g/mol. The van der Waals surface area contributed by atoms with Crippen LogP contribution in [0.1, 0.15) is 5.56 Å². The van der Waals surface area contributed by atoms with Gasteiger partial charge in [-0.25, -0.2) is 0 Å². The second-order valence-electron chi connectivity index (χ2n) is 3.84. The maximum absolute atomic E-state index is 8.47. The van der Waals surface area contributed by atoms with Crippen LogP contribution in [0.3, 0.4) is 0 Å². The quantitative estimate of drug-likeness (QED) is 0.699. The van der Waals surface area contributed by atoms with E-state index in [1.165, 1.54) is 0 Å². The summed E-state index contributed by atoms with van der Waals surface area (Å²) in [4.78, 5) is 0. The summed E-state index contributed by atoms with van der Waals surface area (Å²) >= 11 is 0. The molecule has 1 rings (SSSR count). The van der Waals surface area contributed by atoms with Crippen LogP contribution >= 0.6 is 0 Å². The van der Waals surface area contributed by atoms with Crippen molar-refractivity contribution in [2.24, 2.45) is 0 Å². The van der Waals surface area contributed by atoms with Gasteiger partial charge in [-0.3, -0.25) is 0 Å². The minimum atomic E-state index is 0.0454. The molecule has 0 saturated heterocycles. The predicted molar refractivity (Wildman–Crippen MR) is 76.3 cm³/mol. The molecular weight excluding hydrogens is 238 g/mol. The number of nitriles is 1. The first-order valence-corrected chi connectivity index (χ1v) is 5.88. The molecule has 0 spiro atoms. The van der Waals surface area contributed by atoms with E-state index < -0.39 is 0 Å². The largest absolute Gasteiger partial charge is 0.489 e. The summed E-state index contributed by atoms with van der Waals surface area (Å²) < 4.78 is 10.9. The van der Waals surface area contributed by atoms with Crippen LogP contribution in [0.15, 0.2) is 55.2 Å². The Morgan fingerprint density at radius 3 is 2.74 bits per heavy atom. The number of hydrogen-bond acceptors (Lipinski definition) is 3. The summed E-state index contributed by atoms with van der Waals surface area (Å²) in [6.07, 6.45) is 5.29. The molecular formula is C16H17NO2. The first-order valence-electron chi connectivity index (χ1n) is 5.88. The first-order chi connectivity index (χ1) is 9.21. The molecule has 0 atom stereocenters. The highest BCUT2D eigenvalue weighted by Gasteiger charge is 2.02. The van der Waals surface area contributed by atoms with E-state index in [4.69, 9.17) is 14.7 Å². The summed E-state index contributed by atoms with van der Waals surface area (Å²) in [5.41, 5.74) is 1.89. The summed E-state index contributed by atoms with van der Waals surface area (Å²) in [6.45, 7) is 9.74. The Balaban J connectivity index is 2.68. The number of hydrogen-bond donors (Lipinski definition) is 0. The molecule has 0 N–H and O–H groups in total. The number of allylic oxidation sites excluding steroid dienone is 2. The highest BCUT2D eigenvalue weighted by molar-refractivity contribution is 5.39. The lowest BCUT2D eigenvalue weighted by molar-refractivity contribution is 0.348. The van der Waals surface area contributed by atoms with Crippen molar-refractivity contribution in [3.63, 3.8) is 0 Å². The monoisotopic (exact) mass is 255 g/mol. The van der Waals surface area contributed by atoms with Gasteiger partial charge >= 0.3 is 0 Å². The Hall–Kier alpha value is -2.47. The lowest BCUT2D eigenvalue weighted by Crippen LogP contribution is -2.00. The molecule has 19 heavy (non-hydrogen) atoms. The molecule has 0 aliphatic heterocycles. The van der Waals surface area contributed by atoms with Crippen LogP contribution in [-0.2, 0) is 0 Å². The molecule has 0 amide bonds. The van der Waals surface area contributed by atoms with E-state index >= 15 is 0 Å². The third-order valence-electron chi connectivity index (χ3n) is 2.44. The number of rotatable bonds is 7. The number of aryl methyl sites for hydroxylation is 1. The van der Waals surface area contributed by atoms with Gasteiger partial charge in [-0.2, -0.15) is 5.26 Å². The van der Waals surface area contributed by atoms with E-state index in [0.717, 1.165) is 16.9 Å². The summed E-state index contributed by atoms with van der Waals surface area (Å²) in [5.74, 6) is 1.44. The van der Waals surface area contributed by atoms with E-state index in [2.05, 4.69) is 13.2 Å². The molecule has 0 aliphatic rings. The van der Waals surface area contributed by atoms with Crippen molar-refractivity contribution in [1.29, 1.82) is 5.26 Å². The SMILES string of the molecule is C=C/C=C(\C=C)COc1ccc(OCC#N)c(C)c1. The fourth-order valence-corrected chi connectivity index (χ4v) is 1.48. The van der Waals surface area contributed by atoms with Gasteiger partial charge in [0.05, 0.1) is 0 Å². The highest BCUT2D eigenvalue weighted by atomic mass is 16.5. The van der Waals surface area contributed by atoms with Gasteiger partial charge in [0, 0.05) is 0 Å². The van der Waals surface area contributed by atoms with Crippen molar-refractivity contribution < 1.29 is 9.47 Å². The second-order valence-corrected chi connectivity index (χ2v) is 3.84. The van der Waals surface area contributed by atoms with Crippen molar-refractivity contribution >= 4 is 0 Å². The van der Waals surface area contributed by atoms with Gasteiger partial charge < -0.3 is 9.47 Å². The highest BCUT2D eigenvalue weighted by Crippen LogP contribution is 2.23. The zero-order valence-corrected chi connectivity index (χ0v) is 11.1. The molecule has 0 aromatic heterocycles. The van der Waals surface area contributed by atoms with Crippen molar-refractivity contribution in [2.45, 2.75) is 6.92 Å². The maximum Gasteiger partial charge on any atom is 0.174 e. The predicted octanol–water partition coefficient (Wildman–Crippen LogP) is 3.57. The molecule has 0 saturated carbocycles. The van der Waals surface area contributed by atoms with Gasteiger partial charge in [0.25, 0.3) is 0 Å². The Labute approximate surface area is 114 Å². The molecule has 0 heterocycles. The summed E-state index contributed by atoms with van der Waals surface area (Å²) in [6, 6.07) is 7.43. The first kappa shape index (κ1) is 14.6. The third kappa shape index (κ3) is 4.72. The van der Waals surface area contributed by atoms with Crippen LogP contribution in [0.4, 0.5) is 0 Å². The zero-order valence-electron chi connectivity index (χ0n) is 11.1. The molecule has 98 valence electrons. The van der Waals surface area contributed by atoms with Gasteiger partial charge in [0.1, 0.15) is 24.2 Å². The van der Waals surface area contributed by atoms with Crippen molar-refractivity contribution in [2.75, 3.05) is 13.2 Å². The number of nitrogens with zero attached hydrogens (tertiary/aromatic N) is 1. The molecule has 0 aliphatic carbocycles. The molecule has 3 heteroatoms. The molecule has 1 aromatic rings. The normalized spacial score (nSPS) is 10.4. The van der Waals surface area contributed by atoms with Crippen LogP contribution in [-0.4, -0.2) is 13.2 Å². The van der Waals surface area contributed by atoms with Gasteiger partial charge in [-0.15, -0.1) is 0 Å². The van der Waals surface area contributed by atoms with Crippen molar-refractivity contribution in [3.8, 4) is 17.6 Å². The standard InChI is InChI=1S/C16H17NO2/c1-4-6-14(5-2)12-19-15-7-8-16(13(3)11-15)18-10-9-17/h4-8,11H,1-2,10,12H2,3H3/b14-6+. The molecule has 0 radical (unpaired) electrons. The van der Waals surface area contributed by atoms with Gasteiger partial charge in [-0.05, 0) is 36.3 Å². The minimum absolute atomic E-state index is 0.0454. The molecule has 0 fully saturated rings. The van der Waals surface area contributed by atoms with Crippen molar-refractivity contribution in [3.05, 3.63) is 60.7 Å². The van der Waals surface area contributed by atoms with E-state index in [1.54, 1.807) is 18.2 Å². The molecule has 0 bridgehead atoms. The topological polar surface area (TPSA) is 42.2 Å². The maximum atomic E-state index is 8.47. The average Bonchev–Trinajstić information content (AvgIpc) is 2.42. The molecule has 3 nitrogen and oxygen atoms in total. The Kier molecular flexibility index (Phi) is 5.97. The Morgan fingerprint density at radius 1 is 1.37 bits per heavy atom. The van der Waals surface area contributed by atoms with Crippen LogP contribution in [0.25, 0.3) is 0 Å². The lowest BCUT2D eigenvalue weighted by Gasteiger charge is -2.10. The Bertz CT molecular complexity index is 524. The van der Waals surface area contributed by atoms with E-state index in [-0.39, 0.29) is 6.61 Å². The van der Waals surface area contributed by atoms with Gasteiger partial charge in [-0.1, -0.05) is 31.4 Å². The van der Waals surface area contributed by atoms with E-state index in [0.29, 0.717) is 12.4 Å². The summed E-state index contributed by atoms with van der Waals surface area (Å²) in [7, 11) is 0. The van der Waals surface area contributed by atoms with E-state index in [1.807, 2.05) is 31.2 Å². The zero-order chi connectivity index (χ0) is 14.1. The lowest BCUT2D eigenvalue weighted by atomic mass is 10.2. The summed E-state index contributed by atoms with van der Waals surface area (Å²) in [5, 5.41) is 8.47. The van der Waals surface area contributed by atoms with Crippen LogP contribution in [0.5, 0.6) is 11.5 Å². The number of ether oxygens (including phenoxy) is 2. The minimum Gasteiger partial charge on any atom is -0.489 e. The van der Waals surface area contributed by atoms with Gasteiger partial charge in [0.15, 0.2) is 6.61 Å². The number of benzene rings is 1. The smallest absolute Gasteiger partial charge is 0.174 e. The van der Waals surface area contributed by atoms with Crippen LogP contribution < -0.4 is 9.47 Å². The third-order valence-corrected chi connectivity index (χ3v) is 2.44. The fraction of sp³-hybridized carbons (Fsp3) is 0.188. The fourth-order valence-electron chi connectivity index (χ4n) is 1.48. The Morgan fingerprint density at radius 2 is 2.16 bits per heavy atom. The second kappa shape index (κ2) is 7.78. The van der Waals surface area contributed by atoms with Gasteiger partial charge in [0.2, 0.25) is 0 Å². The van der Waals surface area contributed by atoms with Crippen LogP contribution in [0.2, 0.25) is 0 Å². The molecule has 1 aromatic carbocycles. The van der Waals surface area contributed by atoms with E-state index in [9.17, 15) is 0 Å². The molecule has 0 unspecified atom stereocenters. The van der Waals surface area contributed by atoms with Crippen molar-refractivity contribution in [1.82, 2.24) is 0 Å².